The van der Waals surface area contributed by atoms with E-state index in [0.29, 0.717) is 27.4 Å². The van der Waals surface area contributed by atoms with Crippen LogP contribution in [0.25, 0.3) is 0 Å². The van der Waals surface area contributed by atoms with Crippen LogP contribution >= 0.6 is 23.2 Å². The number of likely N-dealkylation sites (N-methyl/N-ethyl adjacent to an activating group) is 1. The van der Waals surface area contributed by atoms with Crippen LogP contribution in [0, 0.1) is 0 Å². The second-order valence-electron chi connectivity index (χ2n) is 5.15. The van der Waals surface area contributed by atoms with Gasteiger partial charge in [-0.05, 0) is 24.6 Å². The van der Waals surface area contributed by atoms with Crippen molar-refractivity contribution < 1.29 is 18.0 Å². The summed E-state index contributed by atoms with van der Waals surface area (Å²) in [6.07, 6.45) is -4.44. The van der Waals surface area contributed by atoms with E-state index in [1.807, 2.05) is 6.92 Å². The van der Waals surface area contributed by atoms with Gasteiger partial charge in [-0.1, -0.05) is 29.3 Å². The Hall–Kier alpha value is -1.67. The Bertz CT molecular complexity index is 623. The summed E-state index contributed by atoms with van der Waals surface area (Å²) in [5, 5.41) is 6.56. The first-order valence-corrected chi connectivity index (χ1v) is 8.14. The lowest BCUT2D eigenvalue weighted by molar-refractivity contribution is -0.157. The molecule has 0 spiro atoms. The van der Waals surface area contributed by atoms with Gasteiger partial charge in [0, 0.05) is 23.6 Å². The van der Waals surface area contributed by atoms with Crippen LogP contribution in [0.2, 0.25) is 10.0 Å². The van der Waals surface area contributed by atoms with Crippen molar-refractivity contribution in [3.63, 3.8) is 0 Å². The molecule has 0 fully saturated rings. The van der Waals surface area contributed by atoms with Crippen LogP contribution in [0.3, 0.4) is 0 Å². The van der Waals surface area contributed by atoms with Crippen LogP contribution in [-0.4, -0.2) is 49.6 Å². The molecule has 0 bridgehead atoms. The van der Waals surface area contributed by atoms with Gasteiger partial charge in [0.2, 0.25) is 5.91 Å². The number of amides is 1. The molecule has 0 saturated carbocycles. The van der Waals surface area contributed by atoms with E-state index in [4.69, 9.17) is 23.2 Å². The predicted molar refractivity (Wildman–Crippen MR) is 93.0 cm³/mol. The Kier molecular flexibility index (Phi) is 8.31. The zero-order valence-electron chi connectivity index (χ0n) is 13.8. The van der Waals surface area contributed by atoms with E-state index in [-0.39, 0.29) is 13.1 Å². The highest BCUT2D eigenvalue weighted by Crippen LogP contribution is 2.21. The molecule has 0 aliphatic rings. The summed E-state index contributed by atoms with van der Waals surface area (Å²) in [5.41, 5.74) is 0.726. The van der Waals surface area contributed by atoms with Crippen molar-refractivity contribution in [2.75, 3.05) is 26.7 Å². The Morgan fingerprint density at radius 1 is 1.28 bits per heavy atom. The number of benzene rings is 1. The standard InChI is InChI=1S/C15H19Cl2F3N4O/c1-3-21-14(22-7-10-4-5-11(16)6-12(10)17)23-8-13(25)24(2)9-15(18,19)20/h4-6H,3,7-9H2,1-2H3,(H2,21,22,23). The minimum absolute atomic E-state index is 0.220. The van der Waals surface area contributed by atoms with Crippen LogP contribution in [-0.2, 0) is 11.3 Å². The number of hydrogen-bond acceptors (Lipinski definition) is 2. The maximum Gasteiger partial charge on any atom is 0.406 e. The van der Waals surface area contributed by atoms with Crippen molar-refractivity contribution in [2.45, 2.75) is 19.6 Å². The summed E-state index contributed by atoms with van der Waals surface area (Å²) in [6, 6.07) is 4.98. The molecule has 1 rings (SSSR count). The van der Waals surface area contributed by atoms with Gasteiger partial charge in [0.25, 0.3) is 0 Å². The van der Waals surface area contributed by atoms with E-state index in [2.05, 4.69) is 15.6 Å². The fraction of sp³-hybridized carbons (Fsp3) is 0.467. The zero-order chi connectivity index (χ0) is 19.0. The molecule has 0 radical (unpaired) electrons. The number of rotatable bonds is 6. The van der Waals surface area contributed by atoms with Gasteiger partial charge < -0.3 is 15.5 Å². The van der Waals surface area contributed by atoms with E-state index in [1.165, 1.54) is 0 Å². The van der Waals surface area contributed by atoms with Crippen molar-refractivity contribution >= 4 is 35.1 Å². The average molecular weight is 399 g/mol. The SMILES string of the molecule is CCNC(=NCc1ccc(Cl)cc1Cl)NCC(=O)N(C)CC(F)(F)F. The molecule has 1 aromatic carbocycles. The number of hydrogen-bond donors (Lipinski definition) is 2. The molecule has 0 heterocycles. The van der Waals surface area contributed by atoms with E-state index < -0.39 is 18.6 Å². The largest absolute Gasteiger partial charge is 0.406 e. The highest BCUT2D eigenvalue weighted by molar-refractivity contribution is 6.35. The van der Waals surface area contributed by atoms with E-state index in [9.17, 15) is 18.0 Å². The van der Waals surface area contributed by atoms with Gasteiger partial charge in [0.15, 0.2) is 5.96 Å². The van der Waals surface area contributed by atoms with E-state index in [1.54, 1.807) is 18.2 Å². The van der Waals surface area contributed by atoms with Gasteiger partial charge in [0.05, 0.1) is 13.1 Å². The molecule has 0 aromatic heterocycles. The molecule has 1 aromatic rings. The Morgan fingerprint density at radius 2 is 1.96 bits per heavy atom. The molecule has 0 unspecified atom stereocenters. The maximum atomic E-state index is 12.3. The van der Waals surface area contributed by atoms with Crippen molar-refractivity contribution in [3.05, 3.63) is 33.8 Å². The lowest BCUT2D eigenvalue weighted by atomic mass is 10.2. The minimum Gasteiger partial charge on any atom is -0.357 e. The summed E-state index contributed by atoms with van der Waals surface area (Å²) >= 11 is 11.9. The number of nitrogens with zero attached hydrogens (tertiary/aromatic N) is 2. The van der Waals surface area contributed by atoms with Crippen molar-refractivity contribution in [2.24, 2.45) is 4.99 Å². The number of guanidine groups is 1. The lowest BCUT2D eigenvalue weighted by Crippen LogP contribution is -2.45. The minimum atomic E-state index is -4.44. The van der Waals surface area contributed by atoms with Gasteiger partial charge in [-0.2, -0.15) is 13.2 Å². The second kappa shape index (κ2) is 9.72. The molecule has 1 amide bonds. The molecular weight excluding hydrogens is 380 g/mol. The number of aliphatic imine (C=N–C) groups is 1. The number of halogens is 5. The van der Waals surface area contributed by atoms with Crippen molar-refractivity contribution in [1.29, 1.82) is 0 Å². The number of carbonyl (C=O) groups excluding carboxylic acids is 1. The summed E-state index contributed by atoms with van der Waals surface area (Å²) < 4.78 is 36.9. The maximum absolute atomic E-state index is 12.3. The monoisotopic (exact) mass is 398 g/mol. The molecule has 5 nitrogen and oxygen atoms in total. The Balaban J connectivity index is 2.65. The van der Waals surface area contributed by atoms with Crippen LogP contribution in [0.4, 0.5) is 13.2 Å². The summed E-state index contributed by atoms with van der Waals surface area (Å²) in [6.45, 7) is 0.948. The quantitative estimate of drug-likeness (QED) is 0.571. The highest BCUT2D eigenvalue weighted by atomic mass is 35.5. The summed E-state index contributed by atoms with van der Waals surface area (Å²) in [4.78, 5) is 16.6. The Morgan fingerprint density at radius 3 is 2.52 bits per heavy atom. The van der Waals surface area contributed by atoms with Crippen molar-refractivity contribution in [3.8, 4) is 0 Å². The smallest absolute Gasteiger partial charge is 0.357 e. The third-order valence-electron chi connectivity index (χ3n) is 3.02. The normalized spacial score (nSPS) is 12.0. The molecular formula is C15H19Cl2F3N4O. The van der Waals surface area contributed by atoms with Gasteiger partial charge in [-0.25, -0.2) is 4.99 Å². The molecule has 10 heteroatoms. The predicted octanol–water partition coefficient (Wildman–Crippen LogP) is 3.07. The second-order valence-corrected chi connectivity index (χ2v) is 5.99. The molecule has 0 aliphatic carbocycles. The summed E-state index contributed by atoms with van der Waals surface area (Å²) in [5.74, 6) is -0.408. The lowest BCUT2D eigenvalue weighted by Gasteiger charge is -2.20. The van der Waals surface area contributed by atoms with Crippen LogP contribution in [0.1, 0.15) is 12.5 Å². The third-order valence-corrected chi connectivity index (χ3v) is 3.60. The first kappa shape index (κ1) is 21.4. The van der Waals surface area contributed by atoms with Gasteiger partial charge in [0.1, 0.15) is 6.54 Å². The molecule has 25 heavy (non-hydrogen) atoms. The number of alkyl halides is 3. The first-order chi connectivity index (χ1) is 11.6. The number of carbonyl (C=O) groups is 1. The molecule has 0 saturated heterocycles. The highest BCUT2D eigenvalue weighted by Gasteiger charge is 2.31. The van der Waals surface area contributed by atoms with Gasteiger partial charge in [-0.15, -0.1) is 0 Å². The van der Waals surface area contributed by atoms with Crippen LogP contribution < -0.4 is 10.6 Å². The third kappa shape index (κ3) is 8.31. The van der Waals surface area contributed by atoms with Crippen LogP contribution in [0.15, 0.2) is 23.2 Å². The average Bonchev–Trinajstić information content (AvgIpc) is 2.49. The van der Waals surface area contributed by atoms with E-state index in [0.717, 1.165) is 12.6 Å². The van der Waals surface area contributed by atoms with Gasteiger partial charge >= 0.3 is 6.18 Å². The molecule has 0 aliphatic heterocycles. The molecule has 2 N–H and O–H groups in total. The van der Waals surface area contributed by atoms with Crippen LogP contribution in [0.5, 0.6) is 0 Å². The molecule has 0 atom stereocenters. The van der Waals surface area contributed by atoms with E-state index >= 15 is 0 Å². The van der Waals surface area contributed by atoms with Crippen molar-refractivity contribution in [1.82, 2.24) is 15.5 Å². The number of nitrogens with one attached hydrogen (secondary N) is 2. The van der Waals surface area contributed by atoms with Gasteiger partial charge in [-0.3, -0.25) is 4.79 Å². The zero-order valence-corrected chi connectivity index (χ0v) is 15.3. The Labute approximate surface area is 154 Å². The first-order valence-electron chi connectivity index (χ1n) is 7.39. The fourth-order valence-electron chi connectivity index (χ4n) is 1.81. The fourth-order valence-corrected chi connectivity index (χ4v) is 2.28. The molecule has 140 valence electrons. The topological polar surface area (TPSA) is 56.7 Å². The summed E-state index contributed by atoms with van der Waals surface area (Å²) in [7, 11) is 1.09.